The van der Waals surface area contributed by atoms with E-state index in [1.165, 1.54) is 30.8 Å². The van der Waals surface area contributed by atoms with Gasteiger partial charge in [-0.1, -0.05) is 18.6 Å². The number of amides is 4. The maximum absolute atomic E-state index is 14.0. The summed E-state index contributed by atoms with van der Waals surface area (Å²) in [6, 6.07) is 4.67. The normalized spacial score (nSPS) is 31.9. The van der Waals surface area contributed by atoms with Crippen molar-refractivity contribution < 1.29 is 18.8 Å². The molecule has 0 spiro atoms. The van der Waals surface area contributed by atoms with Crippen molar-refractivity contribution in [2.45, 2.75) is 31.7 Å². The number of anilines is 1. The van der Waals surface area contributed by atoms with E-state index < -0.39 is 29.6 Å². The number of imide groups is 2. The zero-order valence-corrected chi connectivity index (χ0v) is 13.5. The number of halogens is 1. The summed E-state index contributed by atoms with van der Waals surface area (Å²) in [5.74, 6) is -2.19. The summed E-state index contributed by atoms with van der Waals surface area (Å²) in [4.78, 5) is 41.9. The molecule has 1 aromatic rings. The predicted octanol–water partition coefficient (Wildman–Crippen LogP) is 2.28. The third kappa shape index (κ3) is 2.73. The van der Waals surface area contributed by atoms with Crippen LogP contribution in [0.25, 0.3) is 0 Å². The van der Waals surface area contributed by atoms with Crippen molar-refractivity contribution in [1.29, 1.82) is 0 Å². The summed E-state index contributed by atoms with van der Waals surface area (Å²) < 4.78 is 14.0. The van der Waals surface area contributed by atoms with Crippen LogP contribution >= 0.6 is 0 Å². The molecule has 25 heavy (non-hydrogen) atoms. The summed E-state index contributed by atoms with van der Waals surface area (Å²) in [5, 5.41) is 2.11. The summed E-state index contributed by atoms with van der Waals surface area (Å²) in [7, 11) is 0. The number of rotatable bonds is 3. The van der Waals surface area contributed by atoms with Crippen molar-refractivity contribution in [2.75, 3.05) is 4.90 Å². The van der Waals surface area contributed by atoms with Crippen LogP contribution in [0.4, 0.5) is 14.9 Å². The van der Waals surface area contributed by atoms with Gasteiger partial charge in [-0.3, -0.25) is 19.9 Å². The molecule has 4 amide bonds. The molecule has 1 aromatic carbocycles. The molecular formula is C18H18FN3O3. The lowest BCUT2D eigenvalue weighted by Crippen LogP contribution is -2.59. The minimum absolute atomic E-state index is 0.138. The molecule has 1 N–H and O–H groups in total. The number of aliphatic imine (C=N–C) groups is 1. The molecule has 3 fully saturated rings. The first-order valence-corrected chi connectivity index (χ1v) is 8.51. The molecule has 2 saturated carbocycles. The molecule has 0 unspecified atom stereocenters. The molecule has 4 rings (SSSR count). The molecule has 0 aromatic heterocycles. The van der Waals surface area contributed by atoms with Crippen LogP contribution in [0.1, 0.15) is 25.7 Å². The van der Waals surface area contributed by atoms with Gasteiger partial charge in [-0.2, -0.15) is 0 Å². The number of para-hydroxylation sites is 1. The summed E-state index contributed by atoms with van der Waals surface area (Å²) in [5.41, 5.74) is -0.171. The van der Waals surface area contributed by atoms with Gasteiger partial charge in [0.05, 0.1) is 11.7 Å². The standard InChI is InChI=1S/C18H18FN3O3/c19-13-3-1-2-4-15(13)22-17(24)12(16(23)21-18(22)25)9-20-14-8-10-5-6-11(14)7-10/h1-4,9-12,14H,5-8H2,(H,21,23,25)/t10-,11-,12+,14+/m0/s1. The van der Waals surface area contributed by atoms with Gasteiger partial charge >= 0.3 is 6.03 Å². The average Bonchev–Trinajstić information content (AvgIpc) is 3.19. The molecule has 1 heterocycles. The van der Waals surface area contributed by atoms with Crippen LogP contribution < -0.4 is 10.2 Å². The molecule has 1 aliphatic heterocycles. The fraction of sp³-hybridized carbons (Fsp3) is 0.444. The maximum atomic E-state index is 14.0. The topological polar surface area (TPSA) is 78.8 Å². The monoisotopic (exact) mass is 343 g/mol. The van der Waals surface area contributed by atoms with Crippen molar-refractivity contribution >= 4 is 29.7 Å². The molecule has 7 heteroatoms. The van der Waals surface area contributed by atoms with Crippen molar-refractivity contribution in [1.82, 2.24) is 5.32 Å². The fourth-order valence-corrected chi connectivity index (χ4v) is 4.17. The Bertz CT molecular complexity index is 779. The number of hydrogen-bond donors (Lipinski definition) is 1. The zero-order valence-electron chi connectivity index (χ0n) is 13.5. The lowest BCUT2D eigenvalue weighted by molar-refractivity contribution is -0.131. The highest BCUT2D eigenvalue weighted by Gasteiger charge is 2.43. The quantitative estimate of drug-likeness (QED) is 0.675. The van der Waals surface area contributed by atoms with E-state index in [2.05, 4.69) is 10.3 Å². The Kier molecular flexibility index (Phi) is 3.86. The van der Waals surface area contributed by atoms with E-state index in [0.29, 0.717) is 16.7 Å². The highest BCUT2D eigenvalue weighted by atomic mass is 19.1. The number of barbiturate groups is 1. The van der Waals surface area contributed by atoms with Gasteiger partial charge in [-0.05, 0) is 43.2 Å². The Labute approximate surface area is 144 Å². The summed E-state index contributed by atoms with van der Waals surface area (Å²) in [6.45, 7) is 0. The highest BCUT2D eigenvalue weighted by molar-refractivity contribution is 6.32. The SMILES string of the molecule is O=C1NC(=O)N(c2ccccc2F)C(=O)[C@@H]1C=N[C@@H]1C[C@H]2CC[C@H]1C2. The van der Waals surface area contributed by atoms with Crippen LogP contribution in [0, 0.1) is 23.6 Å². The van der Waals surface area contributed by atoms with E-state index in [1.54, 1.807) is 0 Å². The number of nitrogens with zero attached hydrogens (tertiary/aromatic N) is 2. The molecule has 130 valence electrons. The van der Waals surface area contributed by atoms with E-state index in [0.717, 1.165) is 25.3 Å². The molecule has 3 aliphatic rings. The van der Waals surface area contributed by atoms with Gasteiger partial charge in [0.15, 0.2) is 5.92 Å². The van der Waals surface area contributed by atoms with E-state index in [1.807, 2.05) is 0 Å². The Morgan fingerprint density at radius 3 is 2.64 bits per heavy atom. The molecule has 2 bridgehead atoms. The van der Waals surface area contributed by atoms with Gasteiger partial charge in [-0.15, -0.1) is 0 Å². The van der Waals surface area contributed by atoms with Crippen molar-refractivity contribution in [2.24, 2.45) is 22.7 Å². The minimum Gasteiger partial charge on any atom is -0.293 e. The first-order valence-electron chi connectivity index (χ1n) is 8.51. The summed E-state index contributed by atoms with van der Waals surface area (Å²) >= 11 is 0. The van der Waals surface area contributed by atoms with E-state index >= 15 is 0 Å². The van der Waals surface area contributed by atoms with Crippen LogP contribution in [0.15, 0.2) is 29.3 Å². The fourth-order valence-electron chi connectivity index (χ4n) is 4.17. The van der Waals surface area contributed by atoms with Gasteiger partial charge in [0.2, 0.25) is 5.91 Å². The van der Waals surface area contributed by atoms with Gasteiger partial charge in [-0.25, -0.2) is 14.1 Å². The van der Waals surface area contributed by atoms with Gasteiger partial charge < -0.3 is 0 Å². The smallest absolute Gasteiger partial charge is 0.293 e. The predicted molar refractivity (Wildman–Crippen MR) is 88.6 cm³/mol. The van der Waals surface area contributed by atoms with Crippen molar-refractivity contribution in [3.05, 3.63) is 30.1 Å². The first-order chi connectivity index (χ1) is 12.0. The second-order valence-electron chi connectivity index (χ2n) is 6.94. The second-order valence-corrected chi connectivity index (χ2v) is 6.94. The van der Waals surface area contributed by atoms with Crippen LogP contribution in [0.5, 0.6) is 0 Å². The Morgan fingerprint density at radius 1 is 1.16 bits per heavy atom. The maximum Gasteiger partial charge on any atom is 0.335 e. The lowest BCUT2D eigenvalue weighted by atomic mass is 9.95. The minimum atomic E-state index is -1.21. The van der Waals surface area contributed by atoms with Crippen molar-refractivity contribution in [3.8, 4) is 0 Å². The number of fused-ring (bicyclic) bond motifs is 2. The molecule has 1 saturated heterocycles. The number of carbonyl (C=O) groups is 3. The molecule has 4 atom stereocenters. The van der Waals surface area contributed by atoms with Crippen molar-refractivity contribution in [3.63, 3.8) is 0 Å². The lowest BCUT2D eigenvalue weighted by Gasteiger charge is -2.29. The largest absolute Gasteiger partial charge is 0.335 e. The number of nitrogens with one attached hydrogen (secondary N) is 1. The van der Waals surface area contributed by atoms with Crippen LogP contribution in [-0.2, 0) is 9.59 Å². The van der Waals surface area contributed by atoms with E-state index in [4.69, 9.17) is 0 Å². The zero-order chi connectivity index (χ0) is 17.6. The number of urea groups is 1. The van der Waals surface area contributed by atoms with Crippen LogP contribution in [0.2, 0.25) is 0 Å². The number of hydrogen-bond acceptors (Lipinski definition) is 4. The third-order valence-corrected chi connectivity index (χ3v) is 5.42. The molecule has 2 aliphatic carbocycles. The molecule has 0 radical (unpaired) electrons. The van der Waals surface area contributed by atoms with E-state index in [9.17, 15) is 18.8 Å². The second kappa shape index (κ2) is 6.06. The molecule has 6 nitrogen and oxygen atoms in total. The Hall–Kier alpha value is -2.57. The van der Waals surface area contributed by atoms with Gasteiger partial charge in [0.1, 0.15) is 5.82 Å². The number of benzene rings is 1. The van der Waals surface area contributed by atoms with Crippen LogP contribution in [0.3, 0.4) is 0 Å². The average molecular weight is 343 g/mol. The van der Waals surface area contributed by atoms with E-state index in [-0.39, 0.29) is 11.7 Å². The molecular weight excluding hydrogens is 325 g/mol. The third-order valence-electron chi connectivity index (χ3n) is 5.42. The Morgan fingerprint density at radius 2 is 1.96 bits per heavy atom. The highest BCUT2D eigenvalue weighted by Crippen LogP contribution is 2.45. The van der Waals surface area contributed by atoms with Crippen LogP contribution in [-0.4, -0.2) is 30.1 Å². The Balaban J connectivity index is 1.57. The first kappa shape index (κ1) is 15.9. The van der Waals surface area contributed by atoms with Gasteiger partial charge in [0, 0.05) is 6.21 Å². The van der Waals surface area contributed by atoms with Gasteiger partial charge in [0.25, 0.3) is 5.91 Å². The number of carbonyl (C=O) groups excluding carboxylic acids is 3. The summed E-state index contributed by atoms with van der Waals surface area (Å²) in [6.07, 6.45) is 5.85.